The fourth-order valence-electron chi connectivity index (χ4n) is 3.97. The number of aliphatic hydroxyl groups is 1. The molecule has 1 saturated carbocycles. The smallest absolute Gasteiger partial charge is 0.263 e. The first kappa shape index (κ1) is 21.2. The normalized spacial score (nSPS) is 18.4. The van der Waals surface area contributed by atoms with Crippen LogP contribution in [0.3, 0.4) is 0 Å². The number of hydrogen-bond acceptors (Lipinski definition) is 10. The number of hydrogen-bond donors (Lipinski definition) is 3. The van der Waals surface area contributed by atoms with E-state index in [4.69, 9.17) is 22.3 Å². The van der Waals surface area contributed by atoms with Crippen LogP contribution in [0, 0.1) is 5.92 Å². The Balaban J connectivity index is 1.62. The highest BCUT2D eigenvalue weighted by molar-refractivity contribution is 6.35. The van der Waals surface area contributed by atoms with Gasteiger partial charge in [-0.15, -0.1) is 10.2 Å². The van der Waals surface area contributed by atoms with Gasteiger partial charge in [0, 0.05) is 18.6 Å². The Morgan fingerprint density at radius 1 is 1.36 bits per heavy atom. The molecule has 5 rings (SSSR count). The molecule has 0 bridgehead atoms. The molecule has 4 N–H and O–H groups in total. The zero-order valence-corrected chi connectivity index (χ0v) is 18.6. The van der Waals surface area contributed by atoms with Crippen molar-refractivity contribution in [2.75, 3.05) is 17.7 Å². The number of nitrogens with two attached hydrogens (primary N) is 1. The van der Waals surface area contributed by atoms with Crippen molar-refractivity contribution < 1.29 is 5.11 Å². The molecular weight excluding hydrogens is 448 g/mol. The Morgan fingerprint density at radius 3 is 2.88 bits per heavy atom. The zero-order chi connectivity index (χ0) is 23.3. The Morgan fingerprint density at radius 2 is 2.18 bits per heavy atom. The molecule has 1 aromatic carbocycles. The molecule has 3 atom stereocenters. The molecule has 13 heteroatoms. The van der Waals surface area contributed by atoms with E-state index < -0.39 is 6.04 Å². The fourth-order valence-corrected chi connectivity index (χ4v) is 4.22. The maximum absolute atomic E-state index is 13.5. The lowest BCUT2D eigenvalue weighted by molar-refractivity contribution is 0.267. The maximum Gasteiger partial charge on any atom is 0.263 e. The van der Waals surface area contributed by atoms with Gasteiger partial charge in [0.25, 0.3) is 5.56 Å². The Labute approximate surface area is 192 Å². The molecular formula is C20H21ClN10O2. The molecule has 3 aromatic heterocycles. The van der Waals surface area contributed by atoms with E-state index >= 15 is 0 Å². The van der Waals surface area contributed by atoms with Crippen molar-refractivity contribution in [3.63, 3.8) is 0 Å². The first-order chi connectivity index (χ1) is 15.9. The van der Waals surface area contributed by atoms with E-state index in [0.29, 0.717) is 39.6 Å². The van der Waals surface area contributed by atoms with Crippen LogP contribution in [-0.4, -0.2) is 51.4 Å². The van der Waals surface area contributed by atoms with Crippen molar-refractivity contribution >= 4 is 34.1 Å². The van der Waals surface area contributed by atoms with Gasteiger partial charge >= 0.3 is 0 Å². The summed E-state index contributed by atoms with van der Waals surface area (Å²) in [6, 6.07) is 4.54. The number of rotatable bonds is 6. The average molecular weight is 469 g/mol. The zero-order valence-electron chi connectivity index (χ0n) is 17.8. The van der Waals surface area contributed by atoms with Crippen LogP contribution >= 0.6 is 11.6 Å². The summed E-state index contributed by atoms with van der Waals surface area (Å²) in [5.41, 5.74) is 6.74. The highest BCUT2D eigenvalue weighted by Gasteiger charge is 2.41. The quantitative estimate of drug-likeness (QED) is 0.376. The second-order valence-corrected chi connectivity index (χ2v) is 8.38. The summed E-state index contributed by atoms with van der Waals surface area (Å²) in [4.78, 5) is 27.9. The summed E-state index contributed by atoms with van der Waals surface area (Å²) in [5, 5.41) is 25.7. The second-order valence-electron chi connectivity index (χ2n) is 7.98. The highest BCUT2D eigenvalue weighted by atomic mass is 35.5. The summed E-state index contributed by atoms with van der Waals surface area (Å²) in [6.45, 7) is 1.85. The number of tetrazole rings is 1. The molecule has 0 radical (unpaired) electrons. The standard InChI is InChI=1S/C20H21ClN10O2/c1-9(25-17-15(16(22)23-8-24-17)18-27-29-30(2)28-18)19-26-12-5-3-4-11(21)14(12)20(33)31(19)13-6-10(13)7-32/h3-5,8-10,13,32H,6-7H2,1-2H3,(H3,22,23,24,25). The SMILES string of the molecule is CC(Nc1ncnc(N)c1-c1nnn(C)n1)c1nc2cccc(Cl)c2c(=O)n1C1CC1CO. The van der Waals surface area contributed by atoms with Crippen LogP contribution in [0.15, 0.2) is 29.3 Å². The van der Waals surface area contributed by atoms with Gasteiger partial charge in [-0.2, -0.15) is 4.80 Å². The van der Waals surface area contributed by atoms with Gasteiger partial charge in [-0.25, -0.2) is 15.0 Å². The number of fused-ring (bicyclic) bond motifs is 1. The van der Waals surface area contributed by atoms with Crippen molar-refractivity contribution in [1.29, 1.82) is 0 Å². The summed E-state index contributed by atoms with van der Waals surface area (Å²) in [7, 11) is 1.64. The lowest BCUT2D eigenvalue weighted by Crippen LogP contribution is -2.29. The van der Waals surface area contributed by atoms with Crippen molar-refractivity contribution in [3.8, 4) is 11.4 Å². The largest absolute Gasteiger partial charge is 0.396 e. The molecule has 3 unspecified atom stereocenters. The number of nitrogen functional groups attached to an aromatic ring is 1. The molecule has 12 nitrogen and oxygen atoms in total. The number of aromatic nitrogens is 8. The van der Waals surface area contributed by atoms with Crippen LogP contribution in [0.25, 0.3) is 22.3 Å². The van der Waals surface area contributed by atoms with Gasteiger partial charge < -0.3 is 16.2 Å². The van der Waals surface area contributed by atoms with E-state index in [1.807, 2.05) is 6.92 Å². The van der Waals surface area contributed by atoms with Crippen molar-refractivity contribution in [2.45, 2.75) is 25.4 Å². The molecule has 170 valence electrons. The predicted octanol–water partition coefficient (Wildman–Crippen LogP) is 1.34. The number of nitrogens with zero attached hydrogens (tertiary/aromatic N) is 8. The lowest BCUT2D eigenvalue weighted by atomic mass is 10.2. The van der Waals surface area contributed by atoms with E-state index in [1.54, 1.807) is 29.8 Å². The molecule has 0 spiro atoms. The minimum Gasteiger partial charge on any atom is -0.396 e. The highest BCUT2D eigenvalue weighted by Crippen LogP contribution is 2.43. The second kappa shape index (κ2) is 8.05. The van der Waals surface area contributed by atoms with Gasteiger partial charge in [0.15, 0.2) is 0 Å². The molecule has 3 heterocycles. The number of aryl methyl sites for hydroxylation is 1. The van der Waals surface area contributed by atoms with Gasteiger partial charge in [-0.05, 0) is 30.7 Å². The van der Waals surface area contributed by atoms with Crippen molar-refractivity contribution in [2.24, 2.45) is 13.0 Å². The number of nitrogens with one attached hydrogen (secondary N) is 1. The molecule has 0 amide bonds. The van der Waals surface area contributed by atoms with Gasteiger partial charge in [-0.1, -0.05) is 17.7 Å². The third-order valence-corrected chi connectivity index (χ3v) is 6.02. The summed E-state index contributed by atoms with van der Waals surface area (Å²) in [6.07, 6.45) is 2.01. The van der Waals surface area contributed by atoms with Crippen LogP contribution in [0.1, 0.15) is 31.3 Å². The molecule has 0 aliphatic heterocycles. The third-order valence-electron chi connectivity index (χ3n) is 5.71. The van der Waals surface area contributed by atoms with Gasteiger partial charge in [0.1, 0.15) is 29.4 Å². The van der Waals surface area contributed by atoms with Crippen molar-refractivity contribution in [3.05, 3.63) is 45.7 Å². The van der Waals surface area contributed by atoms with Crippen LogP contribution in [-0.2, 0) is 7.05 Å². The summed E-state index contributed by atoms with van der Waals surface area (Å²) < 4.78 is 1.62. The van der Waals surface area contributed by atoms with Crippen LogP contribution < -0.4 is 16.6 Å². The van der Waals surface area contributed by atoms with E-state index in [0.717, 1.165) is 0 Å². The molecule has 1 fully saturated rings. The number of benzene rings is 1. The summed E-state index contributed by atoms with van der Waals surface area (Å²) >= 11 is 6.33. The first-order valence-electron chi connectivity index (χ1n) is 10.3. The van der Waals surface area contributed by atoms with E-state index in [2.05, 4.69) is 30.7 Å². The summed E-state index contributed by atoms with van der Waals surface area (Å²) in [5.74, 6) is 1.31. The fraction of sp³-hybridized carbons (Fsp3) is 0.350. The Hall–Kier alpha value is -3.64. The van der Waals surface area contributed by atoms with E-state index in [9.17, 15) is 9.90 Å². The van der Waals surface area contributed by atoms with Crippen LogP contribution in [0.5, 0.6) is 0 Å². The van der Waals surface area contributed by atoms with E-state index in [1.165, 1.54) is 11.1 Å². The average Bonchev–Trinajstić information content (AvgIpc) is 3.44. The van der Waals surface area contributed by atoms with Crippen LogP contribution in [0.2, 0.25) is 5.02 Å². The minimum atomic E-state index is -0.467. The molecule has 1 aliphatic rings. The van der Waals surface area contributed by atoms with Gasteiger partial charge in [0.2, 0.25) is 5.82 Å². The third kappa shape index (κ3) is 3.66. The van der Waals surface area contributed by atoms with Crippen LogP contribution in [0.4, 0.5) is 11.6 Å². The predicted molar refractivity (Wildman–Crippen MR) is 122 cm³/mol. The molecule has 1 aliphatic carbocycles. The first-order valence-corrected chi connectivity index (χ1v) is 10.7. The maximum atomic E-state index is 13.5. The minimum absolute atomic E-state index is 0.00978. The molecule has 4 aromatic rings. The molecule has 0 saturated heterocycles. The van der Waals surface area contributed by atoms with Gasteiger partial charge in [-0.3, -0.25) is 9.36 Å². The van der Waals surface area contributed by atoms with Crippen molar-refractivity contribution in [1.82, 2.24) is 39.7 Å². The monoisotopic (exact) mass is 468 g/mol. The number of aliphatic hydroxyl groups excluding tert-OH is 1. The Bertz CT molecular complexity index is 1420. The van der Waals surface area contributed by atoms with E-state index in [-0.39, 0.29) is 35.8 Å². The molecule has 33 heavy (non-hydrogen) atoms. The topological polar surface area (TPSA) is 163 Å². The van der Waals surface area contributed by atoms with Gasteiger partial charge in [0.05, 0.1) is 29.0 Å². The lowest BCUT2D eigenvalue weighted by Gasteiger charge is -2.21. The Kier molecular flexibility index (Phi) is 5.17. The number of halogens is 1. The number of anilines is 2.